The summed E-state index contributed by atoms with van der Waals surface area (Å²) >= 11 is 0. The Labute approximate surface area is 183 Å². The van der Waals surface area contributed by atoms with Crippen molar-refractivity contribution in [3.63, 3.8) is 0 Å². The number of aromatic nitrogens is 4. The normalized spacial score (nSPS) is 12.1. The van der Waals surface area contributed by atoms with Gasteiger partial charge in [0.2, 0.25) is 0 Å². The minimum atomic E-state index is -0.399. The predicted octanol–water partition coefficient (Wildman–Crippen LogP) is 1.52. The average molecular weight is 426 g/mol. The van der Waals surface area contributed by atoms with Crippen LogP contribution < -0.4 is 26.6 Å². The molecular formula is C25H22N4O3. The Kier molecular flexibility index (Phi) is 6.67. The maximum absolute atomic E-state index is 12.4. The highest BCUT2D eigenvalue weighted by Gasteiger charge is 2.00. The maximum atomic E-state index is 12.4. The topological polar surface area (TPSA) is 101 Å². The van der Waals surface area contributed by atoms with Crippen molar-refractivity contribution in [3.8, 4) is 5.75 Å². The van der Waals surface area contributed by atoms with Gasteiger partial charge in [-0.25, -0.2) is 0 Å². The van der Waals surface area contributed by atoms with E-state index in [1.807, 2.05) is 48.7 Å². The van der Waals surface area contributed by atoms with E-state index in [1.54, 1.807) is 30.6 Å². The Morgan fingerprint density at radius 3 is 2.31 bits per heavy atom. The van der Waals surface area contributed by atoms with Crippen LogP contribution in [0.25, 0.3) is 12.2 Å². The molecule has 0 fully saturated rings. The second-order valence-corrected chi connectivity index (χ2v) is 7.17. The first-order valence-electron chi connectivity index (χ1n) is 10.3. The quantitative estimate of drug-likeness (QED) is 0.437. The molecule has 0 aliphatic heterocycles. The van der Waals surface area contributed by atoms with Gasteiger partial charge in [0.05, 0.1) is 18.5 Å². The number of pyridine rings is 2. The molecule has 0 spiro atoms. The number of benzene rings is 1. The standard InChI is InChI=1S/C25H22N4O3/c30-24-22(14-18-6-2-1-3-7-18)28-25(31)23(29-24)15-20-10-11-21(17-27-20)32-13-5-9-19-8-4-12-26-16-19/h1-4,6-8,10-12,14-17H,5,9,13H2,(H,28,31)(H,29,30)/b22-14-,23-15-. The second-order valence-electron chi connectivity index (χ2n) is 7.17. The highest BCUT2D eigenvalue weighted by molar-refractivity contribution is 5.48. The van der Waals surface area contributed by atoms with Gasteiger partial charge in [-0.1, -0.05) is 36.4 Å². The number of rotatable bonds is 7. The molecular weight excluding hydrogens is 404 g/mol. The Balaban J connectivity index is 1.43. The Morgan fingerprint density at radius 2 is 1.62 bits per heavy atom. The smallest absolute Gasteiger partial charge is 0.272 e. The zero-order valence-electron chi connectivity index (χ0n) is 17.3. The van der Waals surface area contributed by atoms with Gasteiger partial charge in [0.15, 0.2) is 0 Å². The molecule has 0 amide bonds. The summed E-state index contributed by atoms with van der Waals surface area (Å²) in [6, 6.07) is 16.8. The third kappa shape index (κ3) is 5.66. The largest absolute Gasteiger partial charge is 0.492 e. The van der Waals surface area contributed by atoms with E-state index in [4.69, 9.17) is 4.74 Å². The van der Waals surface area contributed by atoms with Crippen molar-refractivity contribution < 1.29 is 4.74 Å². The minimum Gasteiger partial charge on any atom is -0.492 e. The van der Waals surface area contributed by atoms with Gasteiger partial charge in [0.25, 0.3) is 11.1 Å². The van der Waals surface area contributed by atoms with Crippen molar-refractivity contribution in [2.75, 3.05) is 6.61 Å². The Morgan fingerprint density at radius 1 is 0.844 bits per heavy atom. The fraction of sp³-hybridized carbons (Fsp3) is 0.120. The lowest BCUT2D eigenvalue weighted by Crippen LogP contribution is -2.46. The van der Waals surface area contributed by atoms with Gasteiger partial charge in [-0.05, 0) is 54.3 Å². The lowest BCUT2D eigenvalue weighted by Gasteiger charge is -2.06. The van der Waals surface area contributed by atoms with Crippen LogP contribution >= 0.6 is 0 Å². The van der Waals surface area contributed by atoms with Crippen LogP contribution in [0.4, 0.5) is 0 Å². The molecule has 0 aliphatic carbocycles. The number of aromatic amines is 2. The molecule has 0 atom stereocenters. The van der Waals surface area contributed by atoms with Crippen LogP contribution in [-0.2, 0) is 6.42 Å². The van der Waals surface area contributed by atoms with Crippen molar-refractivity contribution in [2.45, 2.75) is 12.8 Å². The highest BCUT2D eigenvalue weighted by Crippen LogP contribution is 2.10. The second kappa shape index (κ2) is 10.2. The van der Waals surface area contributed by atoms with Gasteiger partial charge >= 0.3 is 0 Å². The molecule has 0 saturated heterocycles. The van der Waals surface area contributed by atoms with Gasteiger partial charge in [-0.2, -0.15) is 0 Å². The van der Waals surface area contributed by atoms with Crippen LogP contribution in [0, 0.1) is 0 Å². The Bertz CT molecular complexity index is 1390. The minimum absolute atomic E-state index is 0.137. The molecule has 0 bridgehead atoms. The lowest BCUT2D eigenvalue weighted by atomic mass is 10.2. The molecule has 4 aromatic rings. The first-order valence-corrected chi connectivity index (χ1v) is 10.3. The van der Waals surface area contributed by atoms with E-state index in [-0.39, 0.29) is 16.3 Å². The number of nitrogens with one attached hydrogen (secondary N) is 2. The van der Waals surface area contributed by atoms with E-state index in [0.717, 1.165) is 18.4 Å². The number of nitrogens with zero attached hydrogens (tertiary/aromatic N) is 2. The molecule has 3 aromatic heterocycles. The molecule has 32 heavy (non-hydrogen) atoms. The summed E-state index contributed by atoms with van der Waals surface area (Å²) in [7, 11) is 0. The molecule has 7 nitrogen and oxygen atoms in total. The molecule has 0 saturated carbocycles. The molecule has 1 aromatic carbocycles. The fourth-order valence-electron chi connectivity index (χ4n) is 3.13. The van der Waals surface area contributed by atoms with E-state index in [0.29, 0.717) is 18.1 Å². The number of aryl methyl sites for hydroxylation is 1. The number of hydrogen-bond donors (Lipinski definition) is 2. The van der Waals surface area contributed by atoms with Gasteiger partial charge in [-0.3, -0.25) is 19.6 Å². The first-order chi connectivity index (χ1) is 15.7. The predicted molar refractivity (Wildman–Crippen MR) is 123 cm³/mol. The van der Waals surface area contributed by atoms with Crippen LogP contribution in [0.5, 0.6) is 5.75 Å². The van der Waals surface area contributed by atoms with Crippen molar-refractivity contribution in [1.29, 1.82) is 0 Å². The molecule has 0 unspecified atom stereocenters. The summed E-state index contributed by atoms with van der Waals surface area (Å²) < 4.78 is 5.72. The highest BCUT2D eigenvalue weighted by atomic mass is 16.5. The molecule has 0 radical (unpaired) electrons. The van der Waals surface area contributed by atoms with E-state index in [9.17, 15) is 9.59 Å². The maximum Gasteiger partial charge on any atom is 0.272 e. The summed E-state index contributed by atoms with van der Waals surface area (Å²) in [6.45, 7) is 0.562. The van der Waals surface area contributed by atoms with Crippen molar-refractivity contribution in [1.82, 2.24) is 19.9 Å². The van der Waals surface area contributed by atoms with Gasteiger partial charge in [-0.15, -0.1) is 0 Å². The van der Waals surface area contributed by atoms with Crippen LogP contribution in [0.2, 0.25) is 0 Å². The molecule has 2 N–H and O–H groups in total. The number of hydrogen-bond acceptors (Lipinski definition) is 5. The van der Waals surface area contributed by atoms with Crippen molar-refractivity contribution in [2.24, 2.45) is 0 Å². The first kappa shape index (κ1) is 21.0. The van der Waals surface area contributed by atoms with Crippen LogP contribution in [-0.4, -0.2) is 26.5 Å². The fourth-order valence-corrected chi connectivity index (χ4v) is 3.13. The molecule has 7 heteroatoms. The molecule has 0 aliphatic rings. The third-order valence-corrected chi connectivity index (χ3v) is 4.75. The van der Waals surface area contributed by atoms with Crippen molar-refractivity contribution >= 4 is 12.2 Å². The summed E-state index contributed by atoms with van der Waals surface area (Å²) in [5.74, 6) is 0.642. The summed E-state index contributed by atoms with van der Waals surface area (Å²) in [4.78, 5) is 38.4. The van der Waals surface area contributed by atoms with Gasteiger partial charge in [0, 0.05) is 12.4 Å². The molecule has 4 rings (SSSR count). The van der Waals surface area contributed by atoms with Gasteiger partial charge < -0.3 is 14.7 Å². The number of ether oxygens (including phenoxy) is 1. The average Bonchev–Trinajstić information content (AvgIpc) is 2.82. The van der Waals surface area contributed by atoms with Gasteiger partial charge in [0.1, 0.15) is 16.4 Å². The summed E-state index contributed by atoms with van der Waals surface area (Å²) in [6.07, 6.45) is 10.1. The monoisotopic (exact) mass is 426 g/mol. The van der Waals surface area contributed by atoms with Crippen LogP contribution in [0.1, 0.15) is 23.2 Å². The van der Waals surface area contributed by atoms with Crippen LogP contribution in [0.3, 0.4) is 0 Å². The van der Waals surface area contributed by atoms with E-state index < -0.39 is 5.56 Å². The zero-order chi connectivity index (χ0) is 22.2. The van der Waals surface area contributed by atoms with Crippen LogP contribution in [0.15, 0.2) is 82.8 Å². The summed E-state index contributed by atoms with van der Waals surface area (Å²) in [5.41, 5.74) is 1.75. The van der Waals surface area contributed by atoms with E-state index in [2.05, 4.69) is 19.9 Å². The zero-order valence-corrected chi connectivity index (χ0v) is 17.3. The lowest BCUT2D eigenvalue weighted by molar-refractivity contribution is 0.310. The SMILES string of the molecule is O=c1[nH]/c(=C\c2ccc(OCCCc3cccnc3)cn2)c(=O)[nH]/c1=C\c1ccccc1. The Hall–Kier alpha value is -4.26. The summed E-state index contributed by atoms with van der Waals surface area (Å²) in [5, 5.41) is 0.333. The van der Waals surface area contributed by atoms with E-state index in [1.165, 1.54) is 11.6 Å². The van der Waals surface area contributed by atoms with E-state index >= 15 is 0 Å². The molecule has 3 heterocycles. The van der Waals surface area contributed by atoms with Crippen molar-refractivity contribution in [3.05, 3.63) is 121 Å². The third-order valence-electron chi connectivity index (χ3n) is 4.75. The number of H-pyrrole nitrogens is 2. The molecule has 160 valence electrons.